The van der Waals surface area contributed by atoms with Gasteiger partial charge in [-0.15, -0.1) is 0 Å². The Morgan fingerprint density at radius 3 is 2.85 bits per heavy atom. The average molecular weight is 318 g/mol. The van der Waals surface area contributed by atoms with Gasteiger partial charge in [-0.1, -0.05) is 18.3 Å². The number of thiophene rings is 1. The maximum Gasteiger partial charge on any atom is 0.324 e. The molecule has 0 saturated carbocycles. The molecule has 0 spiro atoms. The summed E-state index contributed by atoms with van der Waals surface area (Å²) in [5.41, 5.74) is 0.831. The Balaban J connectivity index is 2.20. The fourth-order valence-electron chi connectivity index (χ4n) is 2.54. The number of hydrogen-bond acceptors (Lipinski definition) is 6. The molecule has 1 aliphatic rings. The first-order chi connectivity index (χ1) is 9.43. The van der Waals surface area contributed by atoms with Gasteiger partial charge in [-0.2, -0.15) is 0 Å². The van der Waals surface area contributed by atoms with Gasteiger partial charge in [-0.05, 0) is 30.9 Å². The first-order valence-electron chi connectivity index (χ1n) is 6.59. The van der Waals surface area contributed by atoms with E-state index in [2.05, 4.69) is 5.32 Å². The molecule has 0 amide bonds. The topological polar surface area (TPSA) is 89.3 Å². The second-order valence-electron chi connectivity index (χ2n) is 5.07. The summed E-state index contributed by atoms with van der Waals surface area (Å²) in [7, 11) is -2.95. The van der Waals surface area contributed by atoms with Gasteiger partial charge in [0.2, 0.25) is 0 Å². The van der Waals surface area contributed by atoms with E-state index in [1.807, 2.05) is 6.92 Å². The van der Waals surface area contributed by atoms with E-state index >= 15 is 0 Å². The van der Waals surface area contributed by atoms with Gasteiger partial charge in [-0.3, -0.25) is 10.1 Å². The minimum Gasteiger partial charge on any atom is -0.310 e. The van der Waals surface area contributed by atoms with Crippen molar-refractivity contribution in [2.45, 2.75) is 25.8 Å². The van der Waals surface area contributed by atoms with Crippen LogP contribution in [0.5, 0.6) is 0 Å². The first-order valence-corrected chi connectivity index (χ1v) is 9.29. The van der Waals surface area contributed by atoms with Crippen LogP contribution in [0.25, 0.3) is 0 Å². The molecule has 1 aromatic heterocycles. The van der Waals surface area contributed by atoms with Crippen molar-refractivity contribution in [1.82, 2.24) is 5.32 Å². The molecule has 1 aromatic rings. The van der Waals surface area contributed by atoms with Gasteiger partial charge < -0.3 is 5.32 Å². The van der Waals surface area contributed by atoms with Gasteiger partial charge in [0.1, 0.15) is 0 Å². The zero-order valence-corrected chi connectivity index (χ0v) is 12.9. The summed E-state index contributed by atoms with van der Waals surface area (Å²) < 4.78 is 23.3. The second-order valence-corrected chi connectivity index (χ2v) is 8.19. The molecule has 0 aliphatic carbocycles. The molecule has 1 N–H and O–H groups in total. The molecule has 0 bridgehead atoms. The fourth-order valence-corrected chi connectivity index (χ4v) is 5.14. The SMILES string of the molecule is CCCNC(c1csc([N+](=O)[O-])c1)C1CCS(=O)(=O)C1. The molecule has 1 fully saturated rings. The van der Waals surface area contributed by atoms with E-state index in [1.54, 1.807) is 11.4 Å². The summed E-state index contributed by atoms with van der Waals surface area (Å²) in [6.45, 7) is 2.80. The van der Waals surface area contributed by atoms with Crippen molar-refractivity contribution in [2.24, 2.45) is 5.92 Å². The molecule has 2 unspecified atom stereocenters. The molecule has 112 valence electrons. The highest BCUT2D eigenvalue weighted by Crippen LogP contribution is 2.35. The number of hydrogen-bond donors (Lipinski definition) is 1. The lowest BCUT2D eigenvalue weighted by Gasteiger charge is -2.23. The number of rotatable bonds is 6. The highest BCUT2D eigenvalue weighted by Gasteiger charge is 2.35. The van der Waals surface area contributed by atoms with Crippen LogP contribution in [0.3, 0.4) is 0 Å². The lowest BCUT2D eigenvalue weighted by molar-refractivity contribution is -0.380. The summed E-state index contributed by atoms with van der Waals surface area (Å²) in [4.78, 5) is 10.4. The molecule has 20 heavy (non-hydrogen) atoms. The summed E-state index contributed by atoms with van der Waals surface area (Å²) in [6, 6.07) is 1.44. The van der Waals surface area contributed by atoms with Crippen molar-refractivity contribution in [3.8, 4) is 0 Å². The van der Waals surface area contributed by atoms with Crippen molar-refractivity contribution in [1.29, 1.82) is 0 Å². The first kappa shape index (κ1) is 15.4. The Kier molecular flexibility index (Phi) is 4.77. The van der Waals surface area contributed by atoms with Crippen molar-refractivity contribution in [2.75, 3.05) is 18.1 Å². The molecule has 0 radical (unpaired) electrons. The predicted octanol–water partition coefficient (Wildman–Crippen LogP) is 2.13. The van der Waals surface area contributed by atoms with Crippen LogP contribution in [0.15, 0.2) is 11.4 Å². The molecular formula is C12H18N2O4S2. The van der Waals surface area contributed by atoms with E-state index in [0.29, 0.717) is 6.42 Å². The van der Waals surface area contributed by atoms with Crippen molar-refractivity contribution < 1.29 is 13.3 Å². The molecule has 0 aromatic carbocycles. The van der Waals surface area contributed by atoms with Gasteiger partial charge in [0.05, 0.1) is 16.4 Å². The van der Waals surface area contributed by atoms with Crippen LogP contribution in [0.2, 0.25) is 0 Å². The monoisotopic (exact) mass is 318 g/mol. The Hall–Kier alpha value is -0.990. The van der Waals surface area contributed by atoms with Gasteiger partial charge in [-0.25, -0.2) is 8.42 Å². The average Bonchev–Trinajstić information content (AvgIpc) is 2.97. The van der Waals surface area contributed by atoms with E-state index in [1.165, 1.54) is 0 Å². The number of nitro groups is 1. The van der Waals surface area contributed by atoms with Crippen LogP contribution in [0.1, 0.15) is 31.4 Å². The maximum atomic E-state index is 11.6. The van der Waals surface area contributed by atoms with Crippen molar-refractivity contribution in [3.05, 3.63) is 27.1 Å². The van der Waals surface area contributed by atoms with Crippen LogP contribution >= 0.6 is 11.3 Å². The molecule has 2 heterocycles. The van der Waals surface area contributed by atoms with E-state index in [-0.39, 0.29) is 28.5 Å². The van der Waals surface area contributed by atoms with Crippen LogP contribution in [-0.2, 0) is 9.84 Å². The highest BCUT2D eigenvalue weighted by molar-refractivity contribution is 7.91. The molecule has 6 nitrogen and oxygen atoms in total. The predicted molar refractivity (Wildman–Crippen MR) is 78.8 cm³/mol. The molecule has 2 rings (SSSR count). The van der Waals surface area contributed by atoms with Crippen LogP contribution < -0.4 is 5.32 Å². The zero-order chi connectivity index (χ0) is 14.8. The third-order valence-corrected chi connectivity index (χ3v) is 6.19. The fraction of sp³-hybridized carbons (Fsp3) is 0.667. The second kappa shape index (κ2) is 6.19. The standard InChI is InChI=1S/C12H18N2O4S2/c1-2-4-13-12(9-3-5-20(17,18)8-9)10-6-11(14(15)16)19-7-10/h6-7,9,12-13H,2-5,8H2,1H3. The van der Waals surface area contributed by atoms with E-state index < -0.39 is 14.8 Å². The largest absolute Gasteiger partial charge is 0.324 e. The lowest BCUT2D eigenvalue weighted by atomic mass is 9.94. The van der Waals surface area contributed by atoms with Gasteiger partial charge in [0.25, 0.3) is 0 Å². The summed E-state index contributed by atoms with van der Waals surface area (Å²) in [5, 5.41) is 16.0. The minimum absolute atomic E-state index is 0.000698. The van der Waals surface area contributed by atoms with Crippen molar-refractivity contribution >= 4 is 26.2 Å². The van der Waals surface area contributed by atoms with Crippen molar-refractivity contribution in [3.63, 3.8) is 0 Å². The molecule has 8 heteroatoms. The quantitative estimate of drug-likeness (QED) is 0.641. The smallest absolute Gasteiger partial charge is 0.310 e. The Labute approximate surface area is 122 Å². The van der Waals surface area contributed by atoms with Gasteiger partial charge in [0, 0.05) is 17.5 Å². The maximum absolute atomic E-state index is 11.6. The summed E-state index contributed by atoms with van der Waals surface area (Å²) in [6.07, 6.45) is 1.55. The summed E-state index contributed by atoms with van der Waals surface area (Å²) >= 11 is 1.09. The lowest BCUT2D eigenvalue weighted by Crippen LogP contribution is -2.29. The summed E-state index contributed by atoms with van der Waals surface area (Å²) in [5.74, 6) is 0.382. The van der Waals surface area contributed by atoms with Crippen LogP contribution in [0, 0.1) is 16.0 Å². The molecule has 2 atom stereocenters. The Morgan fingerprint density at radius 1 is 1.60 bits per heavy atom. The number of nitrogens with zero attached hydrogens (tertiary/aromatic N) is 1. The zero-order valence-electron chi connectivity index (χ0n) is 11.2. The molecular weight excluding hydrogens is 300 g/mol. The molecule has 1 saturated heterocycles. The number of sulfone groups is 1. The third kappa shape index (κ3) is 3.56. The van der Waals surface area contributed by atoms with Gasteiger partial charge in [0.15, 0.2) is 9.84 Å². The molecule has 1 aliphatic heterocycles. The van der Waals surface area contributed by atoms with Crippen LogP contribution in [-0.4, -0.2) is 31.4 Å². The van der Waals surface area contributed by atoms with Crippen LogP contribution in [0.4, 0.5) is 5.00 Å². The third-order valence-electron chi connectivity index (χ3n) is 3.50. The minimum atomic E-state index is -2.95. The Bertz CT molecular complexity index is 582. The Morgan fingerprint density at radius 2 is 2.35 bits per heavy atom. The van der Waals surface area contributed by atoms with E-state index in [9.17, 15) is 18.5 Å². The van der Waals surface area contributed by atoms with E-state index in [0.717, 1.165) is 29.9 Å². The highest BCUT2D eigenvalue weighted by atomic mass is 32.2. The van der Waals surface area contributed by atoms with Gasteiger partial charge >= 0.3 is 5.00 Å². The van der Waals surface area contributed by atoms with E-state index in [4.69, 9.17) is 0 Å². The normalized spacial score (nSPS) is 22.8. The number of nitrogens with one attached hydrogen (secondary N) is 1.